The third-order valence-corrected chi connectivity index (χ3v) is 10.2. The lowest BCUT2D eigenvalue weighted by atomic mass is 9.89. The molecule has 7 N–H and O–H groups in total. The van der Waals surface area contributed by atoms with E-state index in [9.17, 15) is 28.8 Å². The van der Waals surface area contributed by atoms with Crippen molar-refractivity contribution in [1.82, 2.24) is 41.3 Å². The number of alkyl carbamates (subject to hydrolysis) is 1. The summed E-state index contributed by atoms with van der Waals surface area (Å²) in [6.07, 6.45) is 5.33. The summed E-state index contributed by atoms with van der Waals surface area (Å²) in [5.41, 5.74) is 10.7. The van der Waals surface area contributed by atoms with Gasteiger partial charge in [0.2, 0.25) is 11.8 Å². The van der Waals surface area contributed by atoms with Crippen LogP contribution in [0.3, 0.4) is 0 Å². The Labute approximate surface area is 342 Å². The molecule has 59 heavy (non-hydrogen) atoms. The van der Waals surface area contributed by atoms with E-state index in [-0.39, 0.29) is 36.2 Å². The zero-order valence-electron chi connectivity index (χ0n) is 33.5. The number of hydrogen-bond donors (Lipinski definition) is 6. The van der Waals surface area contributed by atoms with Crippen molar-refractivity contribution in [3.63, 3.8) is 0 Å². The fourth-order valence-corrected chi connectivity index (χ4v) is 6.99. The molecular weight excluding hydrogens is 759 g/mol. The minimum atomic E-state index is -1.41. The van der Waals surface area contributed by atoms with Crippen LogP contribution in [0.1, 0.15) is 78.9 Å². The molecule has 2 heterocycles. The van der Waals surface area contributed by atoms with Gasteiger partial charge in [0.1, 0.15) is 23.5 Å². The van der Waals surface area contributed by atoms with E-state index in [1.54, 1.807) is 37.1 Å². The van der Waals surface area contributed by atoms with Crippen LogP contribution in [-0.4, -0.2) is 100 Å². The van der Waals surface area contributed by atoms with Gasteiger partial charge < -0.3 is 30.8 Å². The number of methoxy groups -OCH3 is 1. The summed E-state index contributed by atoms with van der Waals surface area (Å²) in [6, 6.07) is 16.3. The van der Waals surface area contributed by atoms with Crippen LogP contribution in [-0.2, 0) is 30.3 Å². The third-order valence-electron chi connectivity index (χ3n) is 10.2. The van der Waals surface area contributed by atoms with E-state index < -0.39 is 66.3 Å². The van der Waals surface area contributed by atoms with Crippen molar-refractivity contribution in [2.45, 2.75) is 83.0 Å². The maximum Gasteiger partial charge on any atom is 0.407 e. The van der Waals surface area contributed by atoms with Crippen molar-refractivity contribution < 1.29 is 38.2 Å². The number of imide groups is 1. The number of benzene rings is 2. The molecule has 1 aliphatic rings. The fourth-order valence-electron chi connectivity index (χ4n) is 6.99. The van der Waals surface area contributed by atoms with Crippen molar-refractivity contribution in [2.75, 3.05) is 20.2 Å². The van der Waals surface area contributed by atoms with E-state index in [1.807, 2.05) is 42.5 Å². The maximum atomic E-state index is 13.9. The lowest BCUT2D eigenvalue weighted by molar-refractivity contribution is -0.131. The number of carbonyl (C=O) groups is 6. The first-order valence-corrected chi connectivity index (χ1v) is 19.8. The predicted molar refractivity (Wildman–Crippen MR) is 217 cm³/mol. The van der Waals surface area contributed by atoms with Crippen LogP contribution in [0.2, 0.25) is 0 Å². The number of imidazole rings is 1. The first-order valence-electron chi connectivity index (χ1n) is 19.8. The van der Waals surface area contributed by atoms with Crippen LogP contribution < -0.4 is 27.1 Å². The molecule has 4 aromatic rings. The van der Waals surface area contributed by atoms with Crippen LogP contribution in [0, 0.1) is 11.8 Å². The maximum absolute atomic E-state index is 13.9. The highest BCUT2D eigenvalue weighted by molar-refractivity contribution is 6.05. The summed E-state index contributed by atoms with van der Waals surface area (Å²) < 4.78 is 10.9. The first-order chi connectivity index (χ1) is 28.4. The second kappa shape index (κ2) is 21.5. The smallest absolute Gasteiger partial charge is 0.407 e. The van der Waals surface area contributed by atoms with Crippen LogP contribution in [0.15, 0.2) is 79.3 Å². The number of nitrogens with two attached hydrogens (primary N) is 1. The van der Waals surface area contributed by atoms with Crippen molar-refractivity contribution in [2.24, 2.45) is 17.6 Å². The van der Waals surface area contributed by atoms with E-state index >= 15 is 0 Å². The zero-order chi connectivity index (χ0) is 42.3. The zero-order valence-corrected chi connectivity index (χ0v) is 33.5. The number of hydrazine groups is 1. The topological polar surface area (TPSA) is 240 Å². The molecule has 5 rings (SSSR count). The molecule has 2 aromatic heterocycles. The number of hydrogen-bond acceptors (Lipinski definition) is 12. The Morgan fingerprint density at radius 3 is 2.34 bits per heavy atom. The molecule has 0 spiro atoms. The monoisotopic (exact) mass is 811 g/mol. The number of aromatic nitrogens is 3. The van der Waals surface area contributed by atoms with Gasteiger partial charge in [0, 0.05) is 11.9 Å². The Bertz CT molecular complexity index is 2040. The summed E-state index contributed by atoms with van der Waals surface area (Å²) >= 11 is 0. The van der Waals surface area contributed by atoms with Crippen LogP contribution in [0.5, 0.6) is 0 Å². The summed E-state index contributed by atoms with van der Waals surface area (Å²) in [4.78, 5) is 90.5. The Morgan fingerprint density at radius 2 is 1.64 bits per heavy atom. The number of carbonyl (C=O) groups excluding carboxylic acids is 6. The summed E-state index contributed by atoms with van der Waals surface area (Å²) in [5, 5.41) is 10.2. The SMILES string of the molecule is COC(=O)NC(C(=O)NN(CC1CCCCC1)CC(OC(=O)c1cnc[nH]1)C(Cc1ccccc1)NC(=O)C(N)CC(=O)NC(=O)c1ccc2ccccc2n1)C(C)C. The minimum absolute atomic E-state index is 0.0191. The molecule has 0 bridgehead atoms. The van der Waals surface area contributed by atoms with Gasteiger partial charge in [-0.05, 0) is 48.8 Å². The van der Waals surface area contributed by atoms with Crippen LogP contribution in [0.4, 0.5) is 4.79 Å². The number of esters is 1. The number of fused-ring (bicyclic) bond motifs is 1. The first kappa shape index (κ1) is 43.9. The van der Waals surface area contributed by atoms with Gasteiger partial charge in [-0.25, -0.2) is 24.6 Å². The summed E-state index contributed by atoms with van der Waals surface area (Å²) in [7, 11) is 1.21. The molecule has 4 unspecified atom stereocenters. The standard InChI is InChI=1S/C42H53N9O8/c1-26(2)37(49-42(57)58-3)40(55)50-51(23-28-14-8-5-9-15-28)24-35(59-41(56)34-22-44-25-45-34)33(20-27-12-6-4-7-13-27)47-38(53)30(43)21-36(52)48-39(54)32-19-18-29-16-10-11-17-31(29)46-32/h4,6-7,10-13,16-19,22,25-26,28,30,33,35,37H,5,8-9,14-15,20-21,23-24,43H2,1-3H3,(H,44,45)(H,47,53)(H,49,57)(H,50,55)(H,48,52,54). The van der Waals surface area contributed by atoms with Crippen LogP contribution in [0.25, 0.3) is 10.9 Å². The Balaban J connectivity index is 1.39. The van der Waals surface area contributed by atoms with E-state index in [4.69, 9.17) is 15.2 Å². The van der Waals surface area contributed by atoms with Gasteiger partial charge in [0.05, 0.1) is 50.2 Å². The minimum Gasteiger partial charge on any atom is -0.454 e. The second-order valence-electron chi connectivity index (χ2n) is 15.0. The molecule has 2 aromatic carbocycles. The highest BCUT2D eigenvalue weighted by Gasteiger charge is 2.35. The highest BCUT2D eigenvalue weighted by Crippen LogP contribution is 2.25. The lowest BCUT2D eigenvalue weighted by Gasteiger charge is -2.36. The predicted octanol–water partition coefficient (Wildman–Crippen LogP) is 3.18. The normalized spacial score (nSPS) is 15.1. The molecule has 314 valence electrons. The number of H-pyrrole nitrogens is 1. The number of rotatable bonds is 18. The second-order valence-corrected chi connectivity index (χ2v) is 15.0. The summed E-state index contributed by atoms with van der Waals surface area (Å²) in [5.74, 6) is -3.68. The number of nitrogens with one attached hydrogen (secondary N) is 5. The Hall–Kier alpha value is -6.20. The molecule has 0 aliphatic heterocycles. The molecule has 1 aliphatic carbocycles. The molecular formula is C42H53N9O8. The van der Waals surface area contributed by atoms with Gasteiger partial charge >= 0.3 is 12.1 Å². The van der Waals surface area contributed by atoms with Crippen molar-refractivity contribution >= 4 is 46.6 Å². The molecule has 0 saturated heterocycles. The van der Waals surface area contributed by atoms with Gasteiger partial charge in [-0.1, -0.05) is 87.7 Å². The van der Waals surface area contributed by atoms with Gasteiger partial charge in [-0.15, -0.1) is 0 Å². The van der Waals surface area contributed by atoms with Crippen molar-refractivity contribution in [3.05, 3.63) is 96.2 Å². The lowest BCUT2D eigenvalue weighted by Crippen LogP contribution is -2.60. The fraction of sp³-hybridized carbons (Fsp3) is 0.429. The third kappa shape index (κ3) is 13.2. The van der Waals surface area contributed by atoms with Crippen molar-refractivity contribution in [1.29, 1.82) is 0 Å². The average molecular weight is 812 g/mol. The number of ether oxygens (including phenoxy) is 2. The molecule has 5 amide bonds. The molecule has 17 nitrogen and oxygen atoms in total. The number of amides is 5. The van der Waals surface area contributed by atoms with Gasteiger partial charge in [-0.2, -0.15) is 0 Å². The van der Waals surface area contributed by atoms with Gasteiger partial charge in [0.25, 0.3) is 11.8 Å². The van der Waals surface area contributed by atoms with Crippen molar-refractivity contribution in [3.8, 4) is 0 Å². The van der Waals surface area contributed by atoms with Crippen LogP contribution >= 0.6 is 0 Å². The largest absolute Gasteiger partial charge is 0.454 e. The molecule has 1 saturated carbocycles. The molecule has 4 atom stereocenters. The van der Waals surface area contributed by atoms with E-state index in [2.05, 4.69) is 36.3 Å². The number of aromatic amines is 1. The molecule has 17 heteroatoms. The molecule has 0 radical (unpaired) electrons. The number of pyridine rings is 1. The Kier molecular flexibility index (Phi) is 16.0. The van der Waals surface area contributed by atoms with Gasteiger partial charge in [0.15, 0.2) is 0 Å². The quantitative estimate of drug-likeness (QED) is 0.0628. The van der Waals surface area contributed by atoms with E-state index in [1.165, 1.54) is 25.7 Å². The van der Waals surface area contributed by atoms with E-state index in [0.717, 1.165) is 43.1 Å². The number of para-hydroxylation sites is 1. The number of nitrogens with zero attached hydrogens (tertiary/aromatic N) is 3. The average Bonchev–Trinajstić information content (AvgIpc) is 3.78. The van der Waals surface area contributed by atoms with E-state index in [0.29, 0.717) is 12.1 Å². The Morgan fingerprint density at radius 1 is 0.915 bits per heavy atom. The van der Waals surface area contributed by atoms with Gasteiger partial charge in [-0.3, -0.25) is 29.9 Å². The summed E-state index contributed by atoms with van der Waals surface area (Å²) in [6.45, 7) is 3.86. The molecule has 1 fully saturated rings. The highest BCUT2D eigenvalue weighted by atomic mass is 16.5.